The van der Waals surface area contributed by atoms with E-state index in [0.717, 1.165) is 12.6 Å². The molecule has 0 radical (unpaired) electrons. The quantitative estimate of drug-likeness (QED) is 0.847. The van der Waals surface area contributed by atoms with Gasteiger partial charge >= 0.3 is 5.97 Å². The number of halogens is 1. The lowest BCUT2D eigenvalue weighted by Crippen LogP contribution is -2.29. The number of hydrogen-bond donors (Lipinski definition) is 1. The van der Waals surface area contributed by atoms with E-state index >= 15 is 0 Å². The molecule has 1 rings (SSSR count). The van der Waals surface area contributed by atoms with Gasteiger partial charge < -0.3 is 14.9 Å². The van der Waals surface area contributed by atoms with Crippen molar-refractivity contribution in [1.82, 2.24) is 4.90 Å². The Bertz CT molecular complexity index is 407. The van der Waals surface area contributed by atoms with Crippen LogP contribution in [0.2, 0.25) is 0 Å². The molecule has 94 valence electrons. The first-order chi connectivity index (χ1) is 7.93. The van der Waals surface area contributed by atoms with Gasteiger partial charge in [0.15, 0.2) is 0 Å². The van der Waals surface area contributed by atoms with Crippen molar-refractivity contribution in [2.75, 3.05) is 39.1 Å². The monoisotopic (exact) mass is 240 g/mol. The molecule has 0 amide bonds. The number of carboxylic acid groups (broad SMARTS) is 1. The summed E-state index contributed by atoms with van der Waals surface area (Å²) in [7, 11) is 5.61. The van der Waals surface area contributed by atoms with Crippen LogP contribution in [-0.2, 0) is 0 Å². The molecule has 17 heavy (non-hydrogen) atoms. The van der Waals surface area contributed by atoms with E-state index in [4.69, 9.17) is 5.11 Å². The molecule has 0 aliphatic rings. The summed E-state index contributed by atoms with van der Waals surface area (Å²) < 4.78 is 13.4. The molecule has 0 saturated heterocycles. The molecule has 1 aromatic rings. The van der Waals surface area contributed by atoms with Crippen LogP contribution in [0.1, 0.15) is 10.4 Å². The summed E-state index contributed by atoms with van der Waals surface area (Å²) in [6, 6.07) is 4.29. The SMILES string of the molecule is CN(C)CCN(C)c1cccc(F)c1C(=O)O. The highest BCUT2D eigenvalue weighted by atomic mass is 19.1. The highest BCUT2D eigenvalue weighted by molar-refractivity contribution is 5.94. The Balaban J connectivity index is 2.96. The largest absolute Gasteiger partial charge is 0.478 e. The summed E-state index contributed by atoms with van der Waals surface area (Å²) in [4.78, 5) is 14.7. The van der Waals surface area contributed by atoms with Crippen molar-refractivity contribution < 1.29 is 14.3 Å². The topological polar surface area (TPSA) is 43.8 Å². The van der Waals surface area contributed by atoms with Gasteiger partial charge in [0.2, 0.25) is 0 Å². The minimum Gasteiger partial charge on any atom is -0.478 e. The number of likely N-dealkylation sites (N-methyl/N-ethyl adjacent to an activating group) is 2. The maximum atomic E-state index is 13.4. The van der Waals surface area contributed by atoms with Crippen LogP contribution in [0.15, 0.2) is 18.2 Å². The summed E-state index contributed by atoms with van der Waals surface area (Å²) in [6.07, 6.45) is 0. The van der Waals surface area contributed by atoms with Gasteiger partial charge in [0.05, 0.1) is 5.69 Å². The van der Waals surface area contributed by atoms with Gasteiger partial charge in [0, 0.05) is 20.1 Å². The third-order valence-electron chi connectivity index (χ3n) is 2.50. The van der Waals surface area contributed by atoms with Gasteiger partial charge in [-0.05, 0) is 26.2 Å². The number of nitrogens with zero attached hydrogens (tertiary/aromatic N) is 2. The van der Waals surface area contributed by atoms with Crippen molar-refractivity contribution >= 4 is 11.7 Å². The molecule has 0 unspecified atom stereocenters. The zero-order valence-corrected chi connectivity index (χ0v) is 10.3. The van der Waals surface area contributed by atoms with E-state index in [1.807, 2.05) is 19.0 Å². The van der Waals surface area contributed by atoms with E-state index in [1.54, 1.807) is 18.0 Å². The molecule has 1 N–H and O–H groups in total. The van der Waals surface area contributed by atoms with E-state index in [9.17, 15) is 9.18 Å². The Labute approximate surface area is 100 Å². The average Bonchev–Trinajstić information content (AvgIpc) is 2.24. The van der Waals surface area contributed by atoms with Crippen LogP contribution in [0.5, 0.6) is 0 Å². The predicted molar refractivity (Wildman–Crippen MR) is 65.2 cm³/mol. The standard InChI is InChI=1S/C12H17FN2O2/c1-14(2)7-8-15(3)10-6-4-5-9(13)11(10)12(16)17/h4-6H,7-8H2,1-3H3,(H,16,17). The Kier molecular flexibility index (Phi) is 4.45. The minimum atomic E-state index is -1.24. The first kappa shape index (κ1) is 13.4. The highest BCUT2D eigenvalue weighted by Crippen LogP contribution is 2.22. The number of hydrogen-bond acceptors (Lipinski definition) is 3. The van der Waals surface area contributed by atoms with Gasteiger partial charge in [-0.15, -0.1) is 0 Å². The summed E-state index contributed by atoms with van der Waals surface area (Å²) in [5, 5.41) is 9.00. The molecule has 0 heterocycles. The van der Waals surface area contributed by atoms with E-state index in [-0.39, 0.29) is 5.56 Å². The van der Waals surface area contributed by atoms with E-state index < -0.39 is 11.8 Å². The fourth-order valence-corrected chi connectivity index (χ4v) is 1.51. The van der Waals surface area contributed by atoms with Crippen molar-refractivity contribution in [2.45, 2.75) is 0 Å². The molecule has 0 aliphatic carbocycles. The van der Waals surface area contributed by atoms with Gasteiger partial charge in [0.1, 0.15) is 11.4 Å². The zero-order valence-electron chi connectivity index (χ0n) is 10.3. The second-order valence-electron chi connectivity index (χ2n) is 4.16. The molecule has 0 fully saturated rings. The molecule has 0 saturated carbocycles. The van der Waals surface area contributed by atoms with Crippen LogP contribution in [0.25, 0.3) is 0 Å². The molecule has 1 aromatic carbocycles. The van der Waals surface area contributed by atoms with E-state index in [0.29, 0.717) is 12.2 Å². The molecule has 5 heteroatoms. The third kappa shape index (κ3) is 3.42. The molecule has 0 atom stereocenters. The van der Waals surface area contributed by atoms with E-state index in [1.165, 1.54) is 6.07 Å². The Morgan fingerprint density at radius 3 is 2.47 bits per heavy atom. The van der Waals surface area contributed by atoms with E-state index in [2.05, 4.69) is 0 Å². The second kappa shape index (κ2) is 5.63. The molecule has 0 bridgehead atoms. The van der Waals surface area contributed by atoms with Crippen molar-refractivity contribution in [3.8, 4) is 0 Å². The molecule has 0 spiro atoms. The number of rotatable bonds is 5. The zero-order chi connectivity index (χ0) is 13.0. The van der Waals surface area contributed by atoms with Crippen molar-refractivity contribution in [3.63, 3.8) is 0 Å². The number of carboxylic acids is 1. The normalized spacial score (nSPS) is 10.6. The second-order valence-corrected chi connectivity index (χ2v) is 4.16. The predicted octanol–water partition coefficient (Wildman–Crippen LogP) is 1.52. The highest BCUT2D eigenvalue weighted by Gasteiger charge is 2.17. The number of aromatic carboxylic acids is 1. The van der Waals surface area contributed by atoms with Crippen LogP contribution in [0, 0.1) is 5.82 Å². The number of benzene rings is 1. The molecular formula is C12H17FN2O2. The Hall–Kier alpha value is -1.62. The molecule has 0 aliphatic heterocycles. The summed E-state index contributed by atoms with van der Waals surface area (Å²) in [6.45, 7) is 1.41. The maximum Gasteiger partial charge on any atom is 0.340 e. The number of carbonyl (C=O) groups is 1. The van der Waals surface area contributed by atoms with Crippen LogP contribution in [0.4, 0.5) is 10.1 Å². The van der Waals surface area contributed by atoms with Gasteiger partial charge in [0.25, 0.3) is 0 Å². The van der Waals surface area contributed by atoms with Crippen molar-refractivity contribution in [1.29, 1.82) is 0 Å². The molecule has 0 aromatic heterocycles. The van der Waals surface area contributed by atoms with Crippen LogP contribution in [0.3, 0.4) is 0 Å². The summed E-state index contributed by atoms with van der Waals surface area (Å²) in [5.41, 5.74) is 0.133. The van der Waals surface area contributed by atoms with Crippen molar-refractivity contribution in [3.05, 3.63) is 29.6 Å². The lowest BCUT2D eigenvalue weighted by atomic mass is 10.1. The van der Waals surface area contributed by atoms with Gasteiger partial charge in [-0.3, -0.25) is 0 Å². The maximum absolute atomic E-state index is 13.4. The number of anilines is 1. The Morgan fingerprint density at radius 1 is 1.29 bits per heavy atom. The first-order valence-corrected chi connectivity index (χ1v) is 5.31. The smallest absolute Gasteiger partial charge is 0.340 e. The van der Waals surface area contributed by atoms with Gasteiger partial charge in [-0.1, -0.05) is 6.07 Å². The fourth-order valence-electron chi connectivity index (χ4n) is 1.51. The third-order valence-corrected chi connectivity index (χ3v) is 2.50. The minimum absolute atomic E-state index is 0.270. The fraction of sp³-hybridized carbons (Fsp3) is 0.417. The lowest BCUT2D eigenvalue weighted by Gasteiger charge is -2.23. The molecule has 4 nitrogen and oxygen atoms in total. The molecular weight excluding hydrogens is 223 g/mol. The lowest BCUT2D eigenvalue weighted by molar-refractivity contribution is 0.0692. The first-order valence-electron chi connectivity index (χ1n) is 5.31. The van der Waals surface area contributed by atoms with Crippen molar-refractivity contribution in [2.24, 2.45) is 0 Å². The van der Waals surface area contributed by atoms with Gasteiger partial charge in [-0.25, -0.2) is 9.18 Å². The Morgan fingerprint density at radius 2 is 1.94 bits per heavy atom. The average molecular weight is 240 g/mol. The van der Waals surface area contributed by atoms with Crippen LogP contribution in [-0.4, -0.2) is 50.2 Å². The summed E-state index contributed by atoms with van der Waals surface area (Å²) in [5.74, 6) is -1.94. The summed E-state index contributed by atoms with van der Waals surface area (Å²) >= 11 is 0. The van der Waals surface area contributed by atoms with Crippen LogP contribution < -0.4 is 4.90 Å². The van der Waals surface area contributed by atoms with Crippen LogP contribution >= 0.6 is 0 Å². The van der Waals surface area contributed by atoms with Gasteiger partial charge in [-0.2, -0.15) is 0 Å².